The third-order valence-electron chi connectivity index (χ3n) is 5.61. The lowest BCUT2D eigenvalue weighted by Crippen LogP contribution is -2.42. The number of halogens is 1. The average Bonchev–Trinajstić information content (AvgIpc) is 3.13. The number of hydrogen-bond acceptors (Lipinski definition) is 6. The van der Waals surface area contributed by atoms with Crippen molar-refractivity contribution in [2.24, 2.45) is 15.9 Å². The molecule has 0 fully saturated rings. The van der Waals surface area contributed by atoms with Gasteiger partial charge in [-0.05, 0) is 62.2 Å². The lowest BCUT2D eigenvalue weighted by molar-refractivity contribution is -0.123. The van der Waals surface area contributed by atoms with E-state index in [0.29, 0.717) is 30.3 Å². The molecule has 2 aromatic rings. The molecular weight excluding hydrogens is 459 g/mol. The number of carbonyl (C=O) groups is 1. The van der Waals surface area contributed by atoms with Crippen LogP contribution in [0.3, 0.4) is 0 Å². The van der Waals surface area contributed by atoms with Gasteiger partial charge in [0, 0.05) is 6.54 Å². The Hall–Kier alpha value is -3.73. The number of fused-ring (bicyclic) bond motifs is 1. The number of benzene rings is 2. The van der Waals surface area contributed by atoms with E-state index in [1.165, 1.54) is 24.5 Å². The minimum Gasteiger partial charge on any atom is -0.356 e. The Bertz CT molecular complexity index is 1340. The van der Waals surface area contributed by atoms with E-state index in [1.807, 2.05) is 25.8 Å². The number of rotatable bonds is 6. The number of aliphatic imine (C=N–C) groups is 2. The van der Waals surface area contributed by atoms with Crippen LogP contribution >= 0.6 is 0 Å². The van der Waals surface area contributed by atoms with E-state index < -0.39 is 15.8 Å². The number of amidine groups is 1. The molecular formula is C23H25FN6O3S. The molecule has 0 saturated carbocycles. The second-order valence-electron chi connectivity index (χ2n) is 7.98. The third kappa shape index (κ3) is 4.65. The van der Waals surface area contributed by atoms with Crippen molar-refractivity contribution >= 4 is 39.5 Å². The standard InChI is InChI=1S/C23H25FN6O3S/c1-4-25-23(31)19-12-30-21(15(19)3)22(26-13-27-30)28-20-11-17(9-8-14(20)2)29-34(32,33)18-7-5-6-16(24)10-18/h5-11,13,19,29H,4,12H2,1-3H3,(H,25,31)(H,26,27,28). The normalized spacial score (nSPS) is 18.6. The lowest BCUT2D eigenvalue weighted by atomic mass is 10.0. The molecule has 2 aromatic carbocycles. The largest absolute Gasteiger partial charge is 0.356 e. The summed E-state index contributed by atoms with van der Waals surface area (Å²) in [5.74, 6) is -0.623. The SMILES string of the molecule is CCNC(=O)C1CN2NC=NC(=Nc3cc(NS(=O)(=O)c4cccc(F)c4)ccc3C)C2=C1C. The summed E-state index contributed by atoms with van der Waals surface area (Å²) in [5, 5.41) is 4.68. The number of amides is 1. The van der Waals surface area contributed by atoms with E-state index in [9.17, 15) is 17.6 Å². The van der Waals surface area contributed by atoms with E-state index in [0.717, 1.165) is 17.2 Å². The number of anilines is 1. The first kappa shape index (κ1) is 23.4. The molecule has 0 aromatic heterocycles. The highest BCUT2D eigenvalue weighted by atomic mass is 32.2. The minimum atomic E-state index is -3.98. The second-order valence-corrected chi connectivity index (χ2v) is 9.66. The van der Waals surface area contributed by atoms with Crippen LogP contribution in [0.2, 0.25) is 0 Å². The number of aryl methyl sites for hydroxylation is 1. The molecule has 0 aliphatic carbocycles. The predicted octanol–water partition coefficient (Wildman–Crippen LogP) is 2.85. The number of nitrogens with zero attached hydrogens (tertiary/aromatic N) is 3. The molecule has 0 saturated heterocycles. The summed E-state index contributed by atoms with van der Waals surface area (Å²) in [6, 6.07) is 9.72. The summed E-state index contributed by atoms with van der Waals surface area (Å²) in [4.78, 5) is 21.3. The Labute approximate surface area is 197 Å². The zero-order valence-corrected chi connectivity index (χ0v) is 19.8. The number of hydrazine groups is 1. The summed E-state index contributed by atoms with van der Waals surface area (Å²) in [6.07, 6.45) is 1.50. The summed E-state index contributed by atoms with van der Waals surface area (Å²) in [6.45, 7) is 6.59. The van der Waals surface area contributed by atoms with E-state index in [4.69, 9.17) is 0 Å². The van der Waals surface area contributed by atoms with Crippen LogP contribution in [-0.4, -0.2) is 44.6 Å². The van der Waals surface area contributed by atoms with E-state index in [1.54, 1.807) is 18.2 Å². The van der Waals surface area contributed by atoms with Crippen molar-refractivity contribution in [3.63, 3.8) is 0 Å². The van der Waals surface area contributed by atoms with Crippen LogP contribution < -0.4 is 15.5 Å². The number of hydrogen-bond donors (Lipinski definition) is 3. The molecule has 0 radical (unpaired) electrons. The van der Waals surface area contributed by atoms with Gasteiger partial charge in [0.2, 0.25) is 5.91 Å². The first-order chi connectivity index (χ1) is 16.2. The van der Waals surface area contributed by atoms with Gasteiger partial charge in [-0.2, -0.15) is 0 Å². The van der Waals surface area contributed by atoms with Crippen molar-refractivity contribution in [1.29, 1.82) is 0 Å². The summed E-state index contributed by atoms with van der Waals surface area (Å²) < 4.78 is 41.4. The molecule has 1 unspecified atom stereocenters. The zero-order chi connectivity index (χ0) is 24.5. The van der Waals surface area contributed by atoms with Crippen LogP contribution in [0.25, 0.3) is 0 Å². The van der Waals surface area contributed by atoms with Crippen LogP contribution in [0.15, 0.2) is 68.6 Å². The Morgan fingerprint density at radius 2 is 2.06 bits per heavy atom. The summed E-state index contributed by atoms with van der Waals surface area (Å²) in [7, 11) is -3.98. The van der Waals surface area contributed by atoms with Gasteiger partial charge < -0.3 is 5.32 Å². The molecule has 3 N–H and O–H groups in total. The first-order valence-electron chi connectivity index (χ1n) is 10.7. The summed E-state index contributed by atoms with van der Waals surface area (Å²) >= 11 is 0. The highest BCUT2D eigenvalue weighted by molar-refractivity contribution is 7.92. The van der Waals surface area contributed by atoms with Crippen molar-refractivity contribution in [2.75, 3.05) is 17.8 Å². The van der Waals surface area contributed by atoms with Crippen LogP contribution in [0.1, 0.15) is 19.4 Å². The molecule has 178 valence electrons. The quantitative estimate of drug-likeness (QED) is 0.583. The molecule has 2 heterocycles. The van der Waals surface area contributed by atoms with Gasteiger partial charge in [0.15, 0.2) is 5.84 Å². The third-order valence-corrected chi connectivity index (χ3v) is 6.98. The molecule has 4 rings (SSSR count). The van der Waals surface area contributed by atoms with Crippen molar-refractivity contribution in [3.05, 3.63) is 65.1 Å². The molecule has 1 amide bonds. The van der Waals surface area contributed by atoms with Crippen molar-refractivity contribution in [1.82, 2.24) is 15.8 Å². The van der Waals surface area contributed by atoms with E-state index in [-0.39, 0.29) is 22.4 Å². The fourth-order valence-electron chi connectivity index (χ4n) is 3.84. The topological polar surface area (TPSA) is 115 Å². The first-order valence-corrected chi connectivity index (χ1v) is 12.2. The fourth-order valence-corrected chi connectivity index (χ4v) is 4.92. The smallest absolute Gasteiger partial charge is 0.261 e. The lowest BCUT2D eigenvalue weighted by Gasteiger charge is -2.25. The summed E-state index contributed by atoms with van der Waals surface area (Å²) in [5.41, 5.74) is 6.18. The van der Waals surface area contributed by atoms with Crippen LogP contribution in [-0.2, 0) is 14.8 Å². The molecule has 11 heteroatoms. The Kier molecular flexibility index (Phi) is 6.38. The van der Waals surface area contributed by atoms with E-state index in [2.05, 4.69) is 25.4 Å². The second kappa shape index (κ2) is 9.26. The van der Waals surface area contributed by atoms with Gasteiger partial charge in [-0.15, -0.1) is 0 Å². The maximum absolute atomic E-state index is 13.5. The molecule has 0 bridgehead atoms. The van der Waals surface area contributed by atoms with Gasteiger partial charge in [-0.25, -0.2) is 22.8 Å². The Balaban J connectivity index is 1.67. The van der Waals surface area contributed by atoms with Gasteiger partial charge in [0.1, 0.15) is 17.9 Å². The van der Waals surface area contributed by atoms with Crippen LogP contribution in [0, 0.1) is 18.7 Å². The molecule has 34 heavy (non-hydrogen) atoms. The van der Waals surface area contributed by atoms with Gasteiger partial charge >= 0.3 is 0 Å². The maximum atomic E-state index is 13.5. The van der Waals surface area contributed by atoms with Gasteiger partial charge in [-0.3, -0.25) is 20.0 Å². The minimum absolute atomic E-state index is 0.0621. The van der Waals surface area contributed by atoms with Crippen molar-refractivity contribution in [3.8, 4) is 0 Å². The number of carbonyl (C=O) groups excluding carboxylic acids is 1. The predicted molar refractivity (Wildman–Crippen MR) is 129 cm³/mol. The molecule has 2 aliphatic rings. The van der Waals surface area contributed by atoms with Gasteiger partial charge in [0.25, 0.3) is 10.0 Å². The van der Waals surface area contributed by atoms with Gasteiger partial charge in [0.05, 0.1) is 28.7 Å². The van der Waals surface area contributed by atoms with Crippen molar-refractivity contribution < 1.29 is 17.6 Å². The number of sulfonamides is 1. The highest BCUT2D eigenvalue weighted by Gasteiger charge is 2.37. The highest BCUT2D eigenvalue weighted by Crippen LogP contribution is 2.32. The van der Waals surface area contributed by atoms with Crippen LogP contribution in [0.4, 0.5) is 15.8 Å². The zero-order valence-electron chi connectivity index (χ0n) is 19.0. The van der Waals surface area contributed by atoms with Crippen LogP contribution in [0.5, 0.6) is 0 Å². The molecule has 2 aliphatic heterocycles. The monoisotopic (exact) mass is 484 g/mol. The number of nitrogens with one attached hydrogen (secondary N) is 3. The maximum Gasteiger partial charge on any atom is 0.261 e. The Morgan fingerprint density at radius 1 is 1.26 bits per heavy atom. The van der Waals surface area contributed by atoms with Crippen molar-refractivity contribution in [2.45, 2.75) is 25.7 Å². The molecule has 9 nitrogen and oxygen atoms in total. The fraction of sp³-hybridized carbons (Fsp3) is 0.261. The molecule has 0 spiro atoms. The average molecular weight is 485 g/mol. The van der Waals surface area contributed by atoms with E-state index >= 15 is 0 Å². The van der Waals surface area contributed by atoms with Gasteiger partial charge in [-0.1, -0.05) is 12.1 Å². The molecule has 1 atom stereocenters. The Morgan fingerprint density at radius 3 is 2.79 bits per heavy atom.